The predicted octanol–water partition coefficient (Wildman–Crippen LogP) is 2.05. The number of pyridine rings is 2. The normalized spacial score (nSPS) is 10.3. The fourth-order valence-corrected chi connectivity index (χ4v) is 2.05. The molecule has 0 aromatic carbocycles. The molecule has 2 N–H and O–H groups in total. The average molecular weight is 308 g/mol. The van der Waals surface area contributed by atoms with E-state index in [0.717, 1.165) is 0 Å². The molecule has 7 heteroatoms. The maximum Gasteiger partial charge on any atom is 0.340 e. The summed E-state index contributed by atoms with van der Waals surface area (Å²) in [6, 6.07) is 3.32. The number of ether oxygens (including phenoxy) is 2. The highest BCUT2D eigenvalue weighted by atomic mass is 35.5. The number of hydrogen-bond donors (Lipinski definition) is 1. The molecule has 0 spiro atoms. The number of methoxy groups -OCH3 is 2. The van der Waals surface area contributed by atoms with Gasteiger partial charge in [-0.3, -0.25) is 4.98 Å². The van der Waals surface area contributed by atoms with E-state index in [9.17, 15) is 4.79 Å². The minimum absolute atomic E-state index is 0.246. The first kappa shape index (κ1) is 15.2. The molecule has 0 unspecified atom stereocenters. The SMILES string of the molecule is COC(=O)c1cnc(CN)cc1-c1cc(Cl)ncc1OC. The predicted molar refractivity (Wildman–Crippen MR) is 78.3 cm³/mol. The third kappa shape index (κ3) is 3.12. The van der Waals surface area contributed by atoms with Gasteiger partial charge in [0.15, 0.2) is 0 Å². The quantitative estimate of drug-likeness (QED) is 0.687. The van der Waals surface area contributed by atoms with Crippen molar-refractivity contribution in [3.8, 4) is 16.9 Å². The van der Waals surface area contributed by atoms with Crippen LogP contribution in [0.4, 0.5) is 0 Å². The van der Waals surface area contributed by atoms with E-state index in [-0.39, 0.29) is 11.7 Å². The van der Waals surface area contributed by atoms with E-state index in [1.54, 1.807) is 12.1 Å². The van der Waals surface area contributed by atoms with Gasteiger partial charge in [0.2, 0.25) is 0 Å². The maximum atomic E-state index is 11.9. The van der Waals surface area contributed by atoms with Crippen molar-refractivity contribution in [1.29, 1.82) is 0 Å². The first-order valence-electron chi connectivity index (χ1n) is 6.08. The summed E-state index contributed by atoms with van der Waals surface area (Å²) in [6.45, 7) is 0.246. The zero-order valence-electron chi connectivity index (χ0n) is 11.6. The summed E-state index contributed by atoms with van der Waals surface area (Å²) >= 11 is 5.94. The van der Waals surface area contributed by atoms with Crippen LogP contribution in [0.5, 0.6) is 5.75 Å². The summed E-state index contributed by atoms with van der Waals surface area (Å²) in [4.78, 5) is 20.0. The number of nitrogens with zero attached hydrogens (tertiary/aromatic N) is 2. The van der Waals surface area contributed by atoms with E-state index in [2.05, 4.69) is 9.97 Å². The summed E-state index contributed by atoms with van der Waals surface area (Å²) in [5, 5.41) is 0.285. The molecular formula is C14H14ClN3O3. The Balaban J connectivity index is 2.71. The first-order valence-corrected chi connectivity index (χ1v) is 6.45. The third-order valence-electron chi connectivity index (χ3n) is 2.92. The van der Waals surface area contributed by atoms with Gasteiger partial charge in [0, 0.05) is 23.9 Å². The van der Waals surface area contributed by atoms with Gasteiger partial charge in [-0.2, -0.15) is 0 Å². The second kappa shape index (κ2) is 6.51. The minimum Gasteiger partial charge on any atom is -0.494 e. The van der Waals surface area contributed by atoms with Gasteiger partial charge in [-0.25, -0.2) is 9.78 Å². The lowest BCUT2D eigenvalue weighted by molar-refractivity contribution is 0.0601. The lowest BCUT2D eigenvalue weighted by atomic mass is 10.0. The molecule has 2 aromatic rings. The Morgan fingerprint density at radius 1 is 1.24 bits per heavy atom. The Kier molecular flexibility index (Phi) is 4.72. The number of carbonyl (C=O) groups excluding carboxylic acids is 1. The Hall–Kier alpha value is -2.18. The molecule has 0 saturated carbocycles. The molecule has 0 aliphatic heterocycles. The molecule has 110 valence electrons. The van der Waals surface area contributed by atoms with Gasteiger partial charge in [0.25, 0.3) is 0 Å². The van der Waals surface area contributed by atoms with Gasteiger partial charge >= 0.3 is 5.97 Å². The molecule has 2 aromatic heterocycles. The van der Waals surface area contributed by atoms with Crippen LogP contribution in [-0.4, -0.2) is 30.2 Å². The third-order valence-corrected chi connectivity index (χ3v) is 3.13. The van der Waals surface area contributed by atoms with Gasteiger partial charge in [-0.15, -0.1) is 0 Å². The van der Waals surface area contributed by atoms with Crippen LogP contribution in [0.25, 0.3) is 11.1 Å². The number of nitrogens with two attached hydrogens (primary N) is 1. The highest BCUT2D eigenvalue weighted by Gasteiger charge is 2.18. The van der Waals surface area contributed by atoms with Crippen LogP contribution >= 0.6 is 11.6 Å². The lowest BCUT2D eigenvalue weighted by Crippen LogP contribution is -2.08. The topological polar surface area (TPSA) is 87.3 Å². The highest BCUT2D eigenvalue weighted by Crippen LogP contribution is 2.34. The number of aromatic nitrogens is 2. The molecule has 0 fully saturated rings. The molecule has 21 heavy (non-hydrogen) atoms. The first-order chi connectivity index (χ1) is 10.1. The molecule has 0 bridgehead atoms. The number of carbonyl (C=O) groups is 1. The number of rotatable bonds is 4. The van der Waals surface area contributed by atoms with Crippen molar-refractivity contribution in [3.05, 3.63) is 40.9 Å². The maximum absolute atomic E-state index is 11.9. The Labute approximate surface area is 126 Å². The summed E-state index contributed by atoms with van der Waals surface area (Å²) < 4.78 is 10.0. The number of halogens is 1. The van der Waals surface area contributed by atoms with Crippen LogP contribution in [-0.2, 0) is 11.3 Å². The monoisotopic (exact) mass is 307 g/mol. The molecule has 2 heterocycles. The number of hydrogen-bond acceptors (Lipinski definition) is 6. The van der Waals surface area contributed by atoms with Gasteiger partial charge in [-0.1, -0.05) is 11.6 Å². The smallest absolute Gasteiger partial charge is 0.340 e. The van der Waals surface area contributed by atoms with Crippen LogP contribution in [0.15, 0.2) is 24.5 Å². The van der Waals surface area contributed by atoms with Crippen molar-refractivity contribution in [2.45, 2.75) is 6.54 Å². The zero-order valence-corrected chi connectivity index (χ0v) is 12.3. The van der Waals surface area contributed by atoms with Crippen LogP contribution in [0, 0.1) is 0 Å². The van der Waals surface area contributed by atoms with Crippen molar-refractivity contribution < 1.29 is 14.3 Å². The van der Waals surface area contributed by atoms with Crippen LogP contribution in [0.2, 0.25) is 5.15 Å². The van der Waals surface area contributed by atoms with Gasteiger partial charge in [-0.05, 0) is 12.1 Å². The van der Waals surface area contributed by atoms with E-state index in [1.807, 2.05) is 0 Å². The molecule has 0 atom stereocenters. The van der Waals surface area contributed by atoms with E-state index in [0.29, 0.717) is 28.1 Å². The van der Waals surface area contributed by atoms with Crippen molar-refractivity contribution in [1.82, 2.24) is 9.97 Å². The Morgan fingerprint density at radius 2 is 2.00 bits per heavy atom. The van der Waals surface area contributed by atoms with Crippen molar-refractivity contribution in [2.75, 3.05) is 14.2 Å². The molecule has 0 aliphatic rings. The molecule has 0 saturated heterocycles. The van der Waals surface area contributed by atoms with Crippen LogP contribution in [0.3, 0.4) is 0 Å². The summed E-state index contributed by atoms with van der Waals surface area (Å²) in [5.74, 6) is -0.0187. The van der Waals surface area contributed by atoms with E-state index in [1.165, 1.54) is 26.6 Å². The zero-order chi connectivity index (χ0) is 15.4. The van der Waals surface area contributed by atoms with E-state index < -0.39 is 5.97 Å². The Morgan fingerprint density at radius 3 is 2.62 bits per heavy atom. The second-order valence-corrected chi connectivity index (χ2v) is 4.51. The summed E-state index contributed by atoms with van der Waals surface area (Å²) in [5.41, 5.74) is 7.74. The van der Waals surface area contributed by atoms with Crippen molar-refractivity contribution in [2.24, 2.45) is 5.73 Å². The number of esters is 1. The summed E-state index contributed by atoms with van der Waals surface area (Å²) in [7, 11) is 2.82. The molecule has 0 radical (unpaired) electrons. The molecule has 0 aliphatic carbocycles. The largest absolute Gasteiger partial charge is 0.494 e. The van der Waals surface area contributed by atoms with E-state index in [4.69, 9.17) is 26.8 Å². The van der Waals surface area contributed by atoms with Crippen LogP contribution in [0.1, 0.15) is 16.1 Å². The standard InChI is InChI=1S/C14H14ClN3O3/c1-20-12-7-18-13(15)4-10(12)9-3-8(5-16)17-6-11(9)14(19)21-2/h3-4,6-7H,5,16H2,1-2H3. The lowest BCUT2D eigenvalue weighted by Gasteiger charge is -2.13. The highest BCUT2D eigenvalue weighted by molar-refractivity contribution is 6.29. The molecule has 0 amide bonds. The Bertz CT molecular complexity index is 677. The fourth-order valence-electron chi connectivity index (χ4n) is 1.90. The van der Waals surface area contributed by atoms with Gasteiger partial charge in [0.1, 0.15) is 10.9 Å². The molecular weight excluding hydrogens is 294 g/mol. The fraction of sp³-hybridized carbons (Fsp3) is 0.214. The van der Waals surface area contributed by atoms with Crippen molar-refractivity contribution >= 4 is 17.6 Å². The van der Waals surface area contributed by atoms with Crippen molar-refractivity contribution in [3.63, 3.8) is 0 Å². The average Bonchev–Trinajstić information content (AvgIpc) is 2.53. The molecule has 2 rings (SSSR count). The van der Waals surface area contributed by atoms with E-state index >= 15 is 0 Å². The molecule has 6 nitrogen and oxygen atoms in total. The van der Waals surface area contributed by atoms with Crippen LogP contribution < -0.4 is 10.5 Å². The minimum atomic E-state index is -0.504. The van der Waals surface area contributed by atoms with Gasteiger partial charge < -0.3 is 15.2 Å². The second-order valence-electron chi connectivity index (χ2n) is 4.12. The summed E-state index contributed by atoms with van der Waals surface area (Å²) in [6.07, 6.45) is 2.92. The van der Waals surface area contributed by atoms with Gasteiger partial charge in [0.05, 0.1) is 31.7 Å².